The SMILES string of the molecule is Cc1noc2ncc(/C=C/C(=O)NCC[C@@H]3[C@H]4CN(C(=O)OC(C)(C)C)C[C@@H]34)cc12. The van der Waals surface area contributed by atoms with Gasteiger partial charge in [-0.25, -0.2) is 9.78 Å². The molecule has 0 aromatic carbocycles. The van der Waals surface area contributed by atoms with Crippen molar-refractivity contribution in [3.8, 4) is 0 Å². The average Bonchev–Trinajstić information content (AvgIpc) is 3.01. The van der Waals surface area contributed by atoms with Crippen molar-refractivity contribution in [1.82, 2.24) is 20.4 Å². The van der Waals surface area contributed by atoms with Crippen molar-refractivity contribution in [2.45, 2.75) is 39.7 Å². The maximum Gasteiger partial charge on any atom is 0.410 e. The maximum absolute atomic E-state index is 12.1. The van der Waals surface area contributed by atoms with E-state index < -0.39 is 5.60 Å². The number of carbonyl (C=O) groups excluding carboxylic acids is 2. The molecule has 0 bridgehead atoms. The molecule has 0 unspecified atom stereocenters. The van der Waals surface area contributed by atoms with E-state index in [2.05, 4.69) is 15.5 Å². The highest BCUT2D eigenvalue weighted by molar-refractivity contribution is 5.92. The standard InChI is InChI=1S/C22H28N4O4/c1-13-16-9-14(10-24-20(16)30-25-13)5-6-19(27)23-8-7-15-17-11-26(12-18(15)17)21(28)29-22(2,3)4/h5-6,9-10,15,17-18H,7-8,11-12H2,1-4H3,(H,23,27)/b6-5+/t15-,17-,18+. The van der Waals surface area contributed by atoms with Crippen molar-refractivity contribution in [3.63, 3.8) is 0 Å². The monoisotopic (exact) mass is 412 g/mol. The third-order valence-electron chi connectivity index (χ3n) is 5.76. The molecule has 2 fully saturated rings. The van der Waals surface area contributed by atoms with E-state index in [1.54, 1.807) is 17.2 Å². The van der Waals surface area contributed by atoms with Crippen LogP contribution < -0.4 is 5.32 Å². The number of aromatic nitrogens is 2. The Morgan fingerprint density at radius 1 is 1.33 bits per heavy atom. The Kier molecular flexibility index (Phi) is 5.26. The summed E-state index contributed by atoms with van der Waals surface area (Å²) >= 11 is 0. The molecule has 2 amide bonds. The van der Waals surface area contributed by atoms with Crippen LogP contribution in [0.5, 0.6) is 0 Å². The highest BCUT2D eigenvalue weighted by Gasteiger charge is 2.56. The van der Waals surface area contributed by atoms with Crippen LogP contribution >= 0.6 is 0 Å². The third kappa shape index (κ3) is 4.47. The molecule has 0 spiro atoms. The molecule has 0 radical (unpaired) electrons. The predicted octanol–water partition coefficient (Wildman–Crippen LogP) is 3.16. The van der Waals surface area contributed by atoms with Crippen molar-refractivity contribution >= 4 is 29.2 Å². The second-order valence-electron chi connectivity index (χ2n) is 9.18. The lowest BCUT2D eigenvalue weighted by Gasteiger charge is -2.25. The molecule has 1 saturated carbocycles. The van der Waals surface area contributed by atoms with Gasteiger partial charge in [-0.05, 0) is 69.6 Å². The Hall–Kier alpha value is -2.90. The zero-order valence-electron chi connectivity index (χ0n) is 17.8. The zero-order chi connectivity index (χ0) is 21.5. The molecular weight excluding hydrogens is 384 g/mol. The van der Waals surface area contributed by atoms with Crippen LogP contribution in [-0.2, 0) is 9.53 Å². The summed E-state index contributed by atoms with van der Waals surface area (Å²) in [4.78, 5) is 30.2. The highest BCUT2D eigenvalue weighted by atomic mass is 16.6. The molecular formula is C22H28N4O4. The van der Waals surface area contributed by atoms with E-state index in [0.29, 0.717) is 30.0 Å². The van der Waals surface area contributed by atoms with Gasteiger partial charge in [-0.1, -0.05) is 5.16 Å². The fourth-order valence-corrected chi connectivity index (χ4v) is 4.20. The van der Waals surface area contributed by atoms with E-state index in [9.17, 15) is 9.59 Å². The Morgan fingerprint density at radius 2 is 2.07 bits per heavy atom. The number of aryl methyl sites for hydroxylation is 1. The lowest BCUT2D eigenvalue weighted by Crippen LogP contribution is -2.37. The van der Waals surface area contributed by atoms with Crippen LogP contribution in [0.3, 0.4) is 0 Å². The lowest BCUT2D eigenvalue weighted by atomic mass is 10.2. The Labute approximate surface area is 175 Å². The molecule has 1 aliphatic carbocycles. The van der Waals surface area contributed by atoms with Crippen molar-refractivity contribution < 1.29 is 18.8 Å². The molecule has 3 heterocycles. The van der Waals surface area contributed by atoms with Crippen LogP contribution in [0.15, 0.2) is 22.9 Å². The van der Waals surface area contributed by atoms with E-state index in [-0.39, 0.29) is 12.0 Å². The van der Waals surface area contributed by atoms with Crippen LogP contribution in [0.25, 0.3) is 17.2 Å². The molecule has 1 aliphatic heterocycles. The number of hydrogen-bond acceptors (Lipinski definition) is 6. The summed E-state index contributed by atoms with van der Waals surface area (Å²) < 4.78 is 10.5. The van der Waals surface area contributed by atoms with Crippen LogP contribution in [0.1, 0.15) is 38.4 Å². The third-order valence-corrected chi connectivity index (χ3v) is 5.76. The summed E-state index contributed by atoms with van der Waals surface area (Å²) in [6.45, 7) is 9.65. The summed E-state index contributed by atoms with van der Waals surface area (Å²) in [5, 5.41) is 7.66. The van der Waals surface area contributed by atoms with Gasteiger partial charge >= 0.3 is 6.09 Å². The molecule has 160 valence electrons. The van der Waals surface area contributed by atoms with Crippen molar-refractivity contribution in [3.05, 3.63) is 29.6 Å². The van der Waals surface area contributed by atoms with Gasteiger partial charge in [0.1, 0.15) is 5.60 Å². The number of ether oxygens (including phenoxy) is 1. The van der Waals surface area contributed by atoms with Gasteiger partial charge in [-0.2, -0.15) is 0 Å². The lowest BCUT2D eigenvalue weighted by molar-refractivity contribution is -0.116. The summed E-state index contributed by atoms with van der Waals surface area (Å²) in [6, 6.07) is 1.90. The van der Waals surface area contributed by atoms with Crippen molar-refractivity contribution in [2.75, 3.05) is 19.6 Å². The van der Waals surface area contributed by atoms with Gasteiger partial charge in [0.15, 0.2) is 0 Å². The van der Waals surface area contributed by atoms with Gasteiger partial charge in [0.05, 0.1) is 11.1 Å². The smallest absolute Gasteiger partial charge is 0.410 e. The number of rotatable bonds is 5. The van der Waals surface area contributed by atoms with E-state index >= 15 is 0 Å². The van der Waals surface area contributed by atoms with Crippen molar-refractivity contribution in [2.24, 2.45) is 17.8 Å². The second kappa shape index (κ2) is 7.74. The Morgan fingerprint density at radius 3 is 2.77 bits per heavy atom. The fourth-order valence-electron chi connectivity index (χ4n) is 4.20. The number of nitrogens with zero attached hydrogens (tertiary/aromatic N) is 3. The maximum atomic E-state index is 12.1. The summed E-state index contributed by atoms with van der Waals surface area (Å²) in [7, 11) is 0. The number of fused-ring (bicyclic) bond motifs is 2. The number of likely N-dealkylation sites (tertiary alicyclic amines) is 1. The topological polar surface area (TPSA) is 97.6 Å². The summed E-state index contributed by atoms with van der Waals surface area (Å²) in [5.74, 6) is 1.53. The first-order valence-corrected chi connectivity index (χ1v) is 10.4. The molecule has 1 N–H and O–H groups in total. The van der Waals surface area contributed by atoms with Crippen LogP contribution in [0.2, 0.25) is 0 Å². The highest BCUT2D eigenvalue weighted by Crippen LogP contribution is 2.53. The number of piperidine rings is 1. The minimum Gasteiger partial charge on any atom is -0.444 e. The minimum absolute atomic E-state index is 0.127. The molecule has 30 heavy (non-hydrogen) atoms. The Balaban J connectivity index is 1.18. The van der Waals surface area contributed by atoms with E-state index in [1.807, 2.05) is 33.8 Å². The first kappa shape index (κ1) is 20.4. The minimum atomic E-state index is -0.461. The molecule has 8 nitrogen and oxygen atoms in total. The van der Waals surface area contributed by atoms with Gasteiger partial charge in [-0.3, -0.25) is 4.79 Å². The second-order valence-corrected chi connectivity index (χ2v) is 9.18. The average molecular weight is 412 g/mol. The fraction of sp³-hybridized carbons (Fsp3) is 0.545. The largest absolute Gasteiger partial charge is 0.444 e. The van der Waals surface area contributed by atoms with Crippen LogP contribution in [0, 0.1) is 24.7 Å². The van der Waals surface area contributed by atoms with Gasteiger partial charge in [0, 0.05) is 31.9 Å². The number of nitrogens with one attached hydrogen (secondary N) is 1. The Bertz CT molecular complexity index is 979. The van der Waals surface area contributed by atoms with E-state index in [0.717, 1.165) is 36.2 Å². The van der Waals surface area contributed by atoms with E-state index in [4.69, 9.17) is 9.26 Å². The molecule has 8 heteroatoms. The first-order chi connectivity index (χ1) is 14.2. The van der Waals surface area contributed by atoms with Gasteiger partial charge in [0.25, 0.3) is 5.71 Å². The number of hydrogen-bond donors (Lipinski definition) is 1. The molecule has 1 saturated heterocycles. The molecule has 4 rings (SSSR count). The van der Waals surface area contributed by atoms with Crippen LogP contribution in [-0.4, -0.2) is 52.3 Å². The van der Waals surface area contributed by atoms with Gasteiger partial charge in [-0.15, -0.1) is 0 Å². The molecule has 2 aromatic heterocycles. The molecule has 2 aromatic rings. The number of pyridine rings is 1. The summed E-state index contributed by atoms with van der Waals surface area (Å²) in [5.41, 5.74) is 1.63. The molecule has 2 aliphatic rings. The van der Waals surface area contributed by atoms with Crippen LogP contribution in [0.4, 0.5) is 4.79 Å². The quantitative estimate of drug-likeness (QED) is 0.758. The molecule has 3 atom stereocenters. The van der Waals surface area contributed by atoms with E-state index in [1.165, 1.54) is 6.08 Å². The normalized spacial score (nSPS) is 23.1. The van der Waals surface area contributed by atoms with Gasteiger partial charge in [0.2, 0.25) is 5.91 Å². The number of carbonyl (C=O) groups is 2. The van der Waals surface area contributed by atoms with Gasteiger partial charge < -0.3 is 19.5 Å². The first-order valence-electron chi connectivity index (χ1n) is 10.4. The van der Waals surface area contributed by atoms with Crippen molar-refractivity contribution in [1.29, 1.82) is 0 Å². The number of amides is 2. The summed E-state index contributed by atoms with van der Waals surface area (Å²) in [6.07, 6.45) is 5.62. The predicted molar refractivity (Wildman–Crippen MR) is 111 cm³/mol. The zero-order valence-corrected chi connectivity index (χ0v) is 17.8.